The third kappa shape index (κ3) is 3.96. The zero-order valence-electron chi connectivity index (χ0n) is 16.8. The SMILES string of the molecule is COC[C@H](C)n1c(C)cc(C(=O)Cn2nnc(-c3cccc(OC)c3)n2)c1C. The lowest BCUT2D eigenvalue weighted by Crippen LogP contribution is -2.16. The molecule has 2 aromatic heterocycles. The van der Waals surface area contributed by atoms with Crippen molar-refractivity contribution in [2.24, 2.45) is 0 Å². The summed E-state index contributed by atoms with van der Waals surface area (Å²) in [5, 5.41) is 12.4. The van der Waals surface area contributed by atoms with Crippen molar-refractivity contribution in [3.63, 3.8) is 0 Å². The molecular weight excluding hydrogens is 358 g/mol. The zero-order valence-corrected chi connectivity index (χ0v) is 16.8. The van der Waals surface area contributed by atoms with E-state index in [2.05, 4.69) is 26.9 Å². The average molecular weight is 383 g/mol. The van der Waals surface area contributed by atoms with Crippen LogP contribution in [0.1, 0.15) is 34.7 Å². The summed E-state index contributed by atoms with van der Waals surface area (Å²) in [5.41, 5.74) is 3.39. The number of aryl methyl sites for hydroxylation is 1. The van der Waals surface area contributed by atoms with Crippen LogP contribution in [0.15, 0.2) is 30.3 Å². The highest BCUT2D eigenvalue weighted by Gasteiger charge is 2.20. The van der Waals surface area contributed by atoms with Crippen LogP contribution in [-0.2, 0) is 11.3 Å². The first kappa shape index (κ1) is 19.8. The van der Waals surface area contributed by atoms with Crippen LogP contribution in [-0.4, -0.2) is 51.4 Å². The second-order valence-electron chi connectivity index (χ2n) is 6.76. The van der Waals surface area contributed by atoms with E-state index in [0.29, 0.717) is 23.7 Å². The van der Waals surface area contributed by atoms with Gasteiger partial charge < -0.3 is 14.0 Å². The molecule has 0 amide bonds. The zero-order chi connectivity index (χ0) is 20.3. The summed E-state index contributed by atoms with van der Waals surface area (Å²) in [6, 6.07) is 9.46. The first-order valence-corrected chi connectivity index (χ1v) is 9.07. The van der Waals surface area contributed by atoms with E-state index in [9.17, 15) is 4.79 Å². The maximum Gasteiger partial charge on any atom is 0.205 e. The highest BCUT2D eigenvalue weighted by atomic mass is 16.5. The molecule has 0 N–H and O–H groups in total. The van der Waals surface area contributed by atoms with E-state index >= 15 is 0 Å². The molecule has 0 saturated carbocycles. The van der Waals surface area contributed by atoms with Crippen LogP contribution in [0.4, 0.5) is 0 Å². The van der Waals surface area contributed by atoms with Crippen molar-refractivity contribution in [1.82, 2.24) is 24.8 Å². The fraction of sp³-hybridized carbons (Fsp3) is 0.400. The highest BCUT2D eigenvalue weighted by Crippen LogP contribution is 2.22. The van der Waals surface area contributed by atoms with Gasteiger partial charge in [0.1, 0.15) is 12.3 Å². The van der Waals surface area contributed by atoms with Crippen molar-refractivity contribution in [3.8, 4) is 17.1 Å². The van der Waals surface area contributed by atoms with E-state index in [-0.39, 0.29) is 18.4 Å². The first-order valence-electron chi connectivity index (χ1n) is 9.07. The number of carbonyl (C=O) groups excluding carboxylic acids is 1. The van der Waals surface area contributed by atoms with E-state index < -0.39 is 0 Å². The summed E-state index contributed by atoms with van der Waals surface area (Å²) < 4.78 is 12.6. The van der Waals surface area contributed by atoms with Gasteiger partial charge in [0, 0.05) is 29.6 Å². The lowest BCUT2D eigenvalue weighted by Gasteiger charge is -2.17. The standard InChI is InChI=1S/C20H25N5O3/c1-13-9-18(15(3)25(13)14(2)12-27-4)19(26)11-24-22-20(21-23-24)16-7-6-8-17(10-16)28-5/h6-10,14H,11-12H2,1-5H3/t14-/m0/s1. The molecule has 0 bridgehead atoms. The third-order valence-corrected chi connectivity index (χ3v) is 4.70. The molecule has 0 aliphatic rings. The fourth-order valence-electron chi connectivity index (χ4n) is 3.45. The molecule has 0 unspecified atom stereocenters. The van der Waals surface area contributed by atoms with Crippen LogP contribution < -0.4 is 4.74 Å². The smallest absolute Gasteiger partial charge is 0.205 e. The van der Waals surface area contributed by atoms with E-state index in [0.717, 1.165) is 17.0 Å². The van der Waals surface area contributed by atoms with Gasteiger partial charge in [0.05, 0.1) is 19.8 Å². The molecule has 0 fully saturated rings. The van der Waals surface area contributed by atoms with Crippen LogP contribution in [0.25, 0.3) is 11.4 Å². The molecule has 1 atom stereocenters. The summed E-state index contributed by atoms with van der Waals surface area (Å²) in [6.45, 7) is 6.61. The van der Waals surface area contributed by atoms with E-state index in [1.54, 1.807) is 14.2 Å². The van der Waals surface area contributed by atoms with E-state index in [1.165, 1.54) is 4.80 Å². The Bertz CT molecular complexity index is 976. The Morgan fingerprint density at radius 1 is 1.21 bits per heavy atom. The van der Waals surface area contributed by atoms with Crippen molar-refractivity contribution >= 4 is 5.78 Å². The van der Waals surface area contributed by atoms with Gasteiger partial charge in [-0.2, -0.15) is 4.80 Å². The van der Waals surface area contributed by atoms with Gasteiger partial charge in [0.15, 0.2) is 5.78 Å². The molecule has 0 spiro atoms. The Labute approximate surface area is 164 Å². The first-order chi connectivity index (χ1) is 13.4. The van der Waals surface area contributed by atoms with Crippen molar-refractivity contribution in [3.05, 3.63) is 47.3 Å². The minimum Gasteiger partial charge on any atom is -0.497 e. The van der Waals surface area contributed by atoms with Gasteiger partial charge in [-0.15, -0.1) is 10.2 Å². The maximum atomic E-state index is 12.8. The third-order valence-electron chi connectivity index (χ3n) is 4.70. The number of hydrogen-bond acceptors (Lipinski definition) is 6. The van der Waals surface area contributed by atoms with Gasteiger partial charge in [0.25, 0.3) is 0 Å². The predicted octanol–water partition coefficient (Wildman–Crippen LogP) is 2.86. The average Bonchev–Trinajstić information content (AvgIpc) is 3.26. The second-order valence-corrected chi connectivity index (χ2v) is 6.76. The number of benzene rings is 1. The number of ether oxygens (including phenoxy) is 2. The van der Waals surface area contributed by atoms with E-state index in [4.69, 9.17) is 9.47 Å². The Morgan fingerprint density at radius 3 is 2.71 bits per heavy atom. The molecule has 0 aliphatic heterocycles. The molecule has 3 aromatic rings. The lowest BCUT2D eigenvalue weighted by molar-refractivity contribution is 0.0960. The number of Topliss-reactive ketones (excluding diaryl/α,β-unsaturated/α-hetero) is 1. The number of methoxy groups -OCH3 is 2. The van der Waals surface area contributed by atoms with E-state index in [1.807, 2.05) is 44.2 Å². The molecular formula is C20H25N5O3. The molecule has 8 heteroatoms. The predicted molar refractivity (Wildman–Crippen MR) is 105 cm³/mol. The number of nitrogens with zero attached hydrogens (tertiary/aromatic N) is 5. The monoisotopic (exact) mass is 383 g/mol. The lowest BCUT2D eigenvalue weighted by atomic mass is 10.1. The number of aromatic nitrogens is 5. The number of ketones is 1. The summed E-state index contributed by atoms with van der Waals surface area (Å²) in [4.78, 5) is 14.2. The van der Waals surface area contributed by atoms with Crippen LogP contribution in [0.3, 0.4) is 0 Å². The van der Waals surface area contributed by atoms with Crippen LogP contribution in [0, 0.1) is 13.8 Å². The number of tetrazole rings is 1. The summed E-state index contributed by atoms with van der Waals surface area (Å²) in [6.07, 6.45) is 0. The quantitative estimate of drug-likeness (QED) is 0.556. The van der Waals surface area contributed by atoms with Crippen molar-refractivity contribution in [2.45, 2.75) is 33.4 Å². The highest BCUT2D eigenvalue weighted by molar-refractivity contribution is 5.97. The Kier molecular flexibility index (Phi) is 5.89. The van der Waals surface area contributed by atoms with Crippen LogP contribution in [0.5, 0.6) is 5.75 Å². The Balaban J connectivity index is 1.79. The van der Waals surface area contributed by atoms with Gasteiger partial charge in [-0.1, -0.05) is 12.1 Å². The molecule has 1 aromatic carbocycles. The van der Waals surface area contributed by atoms with Crippen molar-refractivity contribution in [2.75, 3.05) is 20.8 Å². The molecule has 3 rings (SSSR count). The minimum atomic E-state index is -0.0569. The van der Waals surface area contributed by atoms with Gasteiger partial charge in [-0.05, 0) is 44.2 Å². The number of rotatable bonds is 8. The van der Waals surface area contributed by atoms with Gasteiger partial charge in [-0.25, -0.2) is 0 Å². The van der Waals surface area contributed by atoms with Gasteiger partial charge >= 0.3 is 0 Å². The van der Waals surface area contributed by atoms with Gasteiger partial charge in [0.2, 0.25) is 5.82 Å². The molecule has 8 nitrogen and oxygen atoms in total. The normalized spacial score (nSPS) is 12.2. The van der Waals surface area contributed by atoms with Crippen molar-refractivity contribution in [1.29, 1.82) is 0 Å². The molecule has 0 aliphatic carbocycles. The Morgan fingerprint density at radius 2 is 2.00 bits per heavy atom. The second kappa shape index (κ2) is 8.35. The molecule has 28 heavy (non-hydrogen) atoms. The topological polar surface area (TPSA) is 84.1 Å². The number of carbonyl (C=O) groups is 1. The molecule has 0 saturated heterocycles. The number of hydrogen-bond donors (Lipinski definition) is 0. The Hall–Kier alpha value is -3.00. The van der Waals surface area contributed by atoms with Crippen molar-refractivity contribution < 1.29 is 14.3 Å². The van der Waals surface area contributed by atoms with Gasteiger partial charge in [-0.3, -0.25) is 4.79 Å². The molecule has 148 valence electrons. The fourth-order valence-corrected chi connectivity index (χ4v) is 3.45. The maximum absolute atomic E-state index is 12.8. The van der Waals surface area contributed by atoms with Crippen LogP contribution >= 0.6 is 0 Å². The van der Waals surface area contributed by atoms with Crippen LogP contribution in [0.2, 0.25) is 0 Å². The minimum absolute atomic E-state index is 0.0277. The summed E-state index contributed by atoms with van der Waals surface area (Å²) in [5.74, 6) is 1.10. The molecule has 0 radical (unpaired) electrons. The molecule has 2 heterocycles. The summed E-state index contributed by atoms with van der Waals surface area (Å²) >= 11 is 0. The largest absolute Gasteiger partial charge is 0.497 e. The summed E-state index contributed by atoms with van der Waals surface area (Å²) in [7, 11) is 3.28.